The molecule has 1 heterocycles. The lowest BCUT2D eigenvalue weighted by Crippen LogP contribution is -2.25. The number of nitrogens with one attached hydrogen (secondary N) is 2. The van der Waals surface area contributed by atoms with Crippen LogP contribution >= 0.6 is 0 Å². The second-order valence-corrected chi connectivity index (χ2v) is 6.95. The Labute approximate surface area is 174 Å². The Morgan fingerprint density at radius 1 is 1.34 bits per heavy atom. The SMILES string of the molecule is C=C(/C=C\N=C(C)Nc1ccc(OC)c(OCCCN2CCC(OC)C2)c1)NC. The van der Waals surface area contributed by atoms with Crippen LogP contribution in [-0.2, 0) is 4.74 Å². The van der Waals surface area contributed by atoms with Crippen LogP contribution in [0.2, 0.25) is 0 Å². The van der Waals surface area contributed by atoms with Crippen molar-refractivity contribution < 1.29 is 14.2 Å². The Morgan fingerprint density at radius 3 is 2.86 bits per heavy atom. The molecular formula is C22H34N4O3. The van der Waals surface area contributed by atoms with Crippen molar-refractivity contribution in [3.8, 4) is 11.5 Å². The fourth-order valence-corrected chi connectivity index (χ4v) is 3.09. The number of nitrogens with zero attached hydrogens (tertiary/aromatic N) is 2. The van der Waals surface area contributed by atoms with Gasteiger partial charge in [0, 0.05) is 57.4 Å². The number of allylic oxidation sites excluding steroid dienone is 1. The largest absolute Gasteiger partial charge is 0.493 e. The summed E-state index contributed by atoms with van der Waals surface area (Å²) in [5.41, 5.74) is 1.69. The third kappa shape index (κ3) is 7.79. The van der Waals surface area contributed by atoms with Crippen molar-refractivity contribution in [1.82, 2.24) is 10.2 Å². The van der Waals surface area contributed by atoms with Gasteiger partial charge >= 0.3 is 0 Å². The van der Waals surface area contributed by atoms with E-state index in [-0.39, 0.29) is 0 Å². The van der Waals surface area contributed by atoms with E-state index < -0.39 is 0 Å². The Hall–Kier alpha value is -2.51. The van der Waals surface area contributed by atoms with Crippen molar-refractivity contribution in [1.29, 1.82) is 0 Å². The van der Waals surface area contributed by atoms with E-state index in [2.05, 4.69) is 27.1 Å². The van der Waals surface area contributed by atoms with Crippen molar-refractivity contribution in [2.24, 2.45) is 4.99 Å². The molecule has 1 aliphatic heterocycles. The summed E-state index contributed by atoms with van der Waals surface area (Å²) in [5.74, 6) is 2.21. The van der Waals surface area contributed by atoms with E-state index in [0.29, 0.717) is 12.7 Å². The van der Waals surface area contributed by atoms with Crippen LogP contribution in [0.4, 0.5) is 5.69 Å². The van der Waals surface area contributed by atoms with Gasteiger partial charge in [-0.1, -0.05) is 6.58 Å². The number of hydrogen-bond acceptors (Lipinski definition) is 6. The zero-order valence-electron chi connectivity index (χ0n) is 18.0. The van der Waals surface area contributed by atoms with Crippen LogP contribution in [0.3, 0.4) is 0 Å². The van der Waals surface area contributed by atoms with Gasteiger partial charge in [-0.25, -0.2) is 4.99 Å². The lowest BCUT2D eigenvalue weighted by Gasteiger charge is -2.17. The maximum absolute atomic E-state index is 5.99. The van der Waals surface area contributed by atoms with Gasteiger partial charge in [0.15, 0.2) is 11.5 Å². The first-order chi connectivity index (χ1) is 14.0. The number of likely N-dealkylation sites (tertiary alicyclic amines) is 1. The van der Waals surface area contributed by atoms with E-state index in [1.54, 1.807) is 20.4 Å². The predicted molar refractivity (Wildman–Crippen MR) is 119 cm³/mol. The highest BCUT2D eigenvalue weighted by atomic mass is 16.5. The molecule has 0 spiro atoms. The van der Waals surface area contributed by atoms with Crippen molar-refractivity contribution in [2.45, 2.75) is 25.9 Å². The van der Waals surface area contributed by atoms with Crippen LogP contribution in [0, 0.1) is 0 Å². The molecule has 0 bridgehead atoms. The van der Waals surface area contributed by atoms with Gasteiger partial charge in [-0.05, 0) is 38.0 Å². The smallest absolute Gasteiger partial charge is 0.163 e. The molecule has 160 valence electrons. The maximum atomic E-state index is 5.99. The monoisotopic (exact) mass is 402 g/mol. The molecule has 7 heteroatoms. The molecule has 2 N–H and O–H groups in total. The lowest BCUT2D eigenvalue weighted by atomic mass is 10.2. The molecule has 1 fully saturated rings. The second kappa shape index (κ2) is 12.1. The molecule has 0 aliphatic carbocycles. The number of rotatable bonds is 11. The maximum Gasteiger partial charge on any atom is 0.163 e. The van der Waals surface area contributed by atoms with Gasteiger partial charge in [0.2, 0.25) is 0 Å². The number of anilines is 1. The standard InChI is InChI=1S/C22H34N4O3/c1-17(23-3)9-11-24-18(2)25-19-7-8-21(28-5)22(15-19)29-14-6-12-26-13-10-20(16-26)27-4/h7-9,11,15,20,23H,1,6,10,12-14,16H2,2-5H3,(H,24,25)/b11-9-. The van der Waals surface area contributed by atoms with Crippen molar-refractivity contribution >= 4 is 11.5 Å². The molecule has 1 aromatic carbocycles. The Morgan fingerprint density at radius 2 is 2.17 bits per heavy atom. The molecule has 0 saturated carbocycles. The van der Waals surface area contributed by atoms with Crippen LogP contribution in [0.15, 0.2) is 47.7 Å². The molecule has 0 radical (unpaired) electrons. The molecule has 1 aliphatic rings. The number of hydrogen-bond donors (Lipinski definition) is 2. The van der Waals surface area contributed by atoms with Crippen molar-refractivity contribution in [2.75, 3.05) is 52.8 Å². The normalized spacial score (nSPS) is 17.5. The Balaban J connectivity index is 1.86. The molecular weight excluding hydrogens is 368 g/mol. The fraction of sp³-hybridized carbons (Fsp3) is 0.500. The van der Waals surface area contributed by atoms with Crippen molar-refractivity contribution in [3.63, 3.8) is 0 Å². The van der Waals surface area contributed by atoms with E-state index in [0.717, 1.165) is 61.2 Å². The zero-order chi connectivity index (χ0) is 21.1. The summed E-state index contributed by atoms with van der Waals surface area (Å²) < 4.78 is 16.8. The van der Waals surface area contributed by atoms with Gasteiger partial charge in [-0.15, -0.1) is 0 Å². The molecule has 1 aromatic rings. The highest BCUT2D eigenvalue weighted by Gasteiger charge is 2.21. The van der Waals surface area contributed by atoms with E-state index in [4.69, 9.17) is 14.2 Å². The predicted octanol–water partition coefficient (Wildman–Crippen LogP) is 3.26. The topological polar surface area (TPSA) is 67.4 Å². The number of benzene rings is 1. The molecule has 7 nitrogen and oxygen atoms in total. The molecule has 0 aromatic heterocycles. The molecule has 2 rings (SSSR count). The van der Waals surface area contributed by atoms with E-state index in [9.17, 15) is 0 Å². The number of likely N-dealkylation sites (N-methyl/N-ethyl adjacent to an activating group) is 1. The molecule has 1 saturated heterocycles. The molecule has 1 atom stereocenters. The number of amidine groups is 1. The van der Waals surface area contributed by atoms with Crippen LogP contribution < -0.4 is 20.1 Å². The molecule has 0 amide bonds. The summed E-state index contributed by atoms with van der Waals surface area (Å²) in [4.78, 5) is 6.77. The summed E-state index contributed by atoms with van der Waals surface area (Å²) in [5, 5.41) is 6.21. The molecule has 1 unspecified atom stereocenters. The van der Waals surface area contributed by atoms with Gasteiger partial charge in [0.05, 0.1) is 19.8 Å². The van der Waals surface area contributed by atoms with Gasteiger partial charge in [0.1, 0.15) is 5.84 Å². The summed E-state index contributed by atoms with van der Waals surface area (Å²) in [6.45, 7) is 9.48. The first kappa shape index (κ1) is 22.8. The zero-order valence-corrected chi connectivity index (χ0v) is 18.0. The number of aliphatic imine (C=N–C) groups is 1. The summed E-state index contributed by atoms with van der Waals surface area (Å²) in [7, 11) is 5.25. The number of methoxy groups -OCH3 is 2. The third-order valence-corrected chi connectivity index (χ3v) is 4.79. The Kier molecular flexibility index (Phi) is 9.53. The molecule has 29 heavy (non-hydrogen) atoms. The van der Waals surface area contributed by atoms with Gasteiger partial charge in [-0.2, -0.15) is 0 Å². The summed E-state index contributed by atoms with van der Waals surface area (Å²) >= 11 is 0. The minimum absolute atomic E-state index is 0.370. The van der Waals surface area contributed by atoms with Gasteiger partial charge in [0.25, 0.3) is 0 Å². The van der Waals surface area contributed by atoms with Gasteiger partial charge in [-0.3, -0.25) is 0 Å². The first-order valence-electron chi connectivity index (χ1n) is 9.96. The third-order valence-electron chi connectivity index (χ3n) is 4.79. The van der Waals surface area contributed by atoms with E-state index in [1.165, 1.54) is 0 Å². The minimum Gasteiger partial charge on any atom is -0.493 e. The average molecular weight is 403 g/mol. The highest BCUT2D eigenvalue weighted by molar-refractivity contribution is 5.94. The quantitative estimate of drug-likeness (QED) is 0.256. The lowest BCUT2D eigenvalue weighted by molar-refractivity contribution is 0.107. The fourth-order valence-electron chi connectivity index (χ4n) is 3.09. The van der Waals surface area contributed by atoms with Crippen LogP contribution in [0.25, 0.3) is 0 Å². The minimum atomic E-state index is 0.370. The van der Waals surface area contributed by atoms with E-state index in [1.807, 2.05) is 38.2 Å². The first-order valence-corrected chi connectivity index (χ1v) is 9.96. The average Bonchev–Trinajstić information content (AvgIpc) is 3.19. The van der Waals surface area contributed by atoms with Crippen molar-refractivity contribution in [3.05, 3.63) is 42.8 Å². The van der Waals surface area contributed by atoms with Crippen LogP contribution in [0.1, 0.15) is 19.8 Å². The highest BCUT2D eigenvalue weighted by Crippen LogP contribution is 2.30. The summed E-state index contributed by atoms with van der Waals surface area (Å²) in [6, 6.07) is 5.77. The van der Waals surface area contributed by atoms with Crippen LogP contribution in [0.5, 0.6) is 11.5 Å². The van der Waals surface area contributed by atoms with Gasteiger partial charge < -0.3 is 29.7 Å². The Bertz CT molecular complexity index is 718. The van der Waals surface area contributed by atoms with E-state index >= 15 is 0 Å². The summed E-state index contributed by atoms with van der Waals surface area (Å²) in [6.07, 6.45) is 5.95. The number of ether oxygens (including phenoxy) is 3. The second-order valence-electron chi connectivity index (χ2n) is 6.95. The van der Waals surface area contributed by atoms with Crippen LogP contribution in [-0.4, -0.2) is 64.3 Å².